The SMILES string of the molecule is CN1C(=O)CN(CCNC(=O)O)C1=O. The number of amides is 4. The molecule has 7 nitrogen and oxygen atoms in total. The Bertz CT molecular complexity index is 278. The Labute approximate surface area is 80.3 Å². The van der Waals surface area contributed by atoms with Gasteiger partial charge < -0.3 is 15.3 Å². The Hall–Kier alpha value is -1.79. The minimum atomic E-state index is -1.14. The molecule has 0 aromatic carbocycles. The molecule has 0 aromatic heterocycles. The van der Waals surface area contributed by atoms with Gasteiger partial charge in [-0.05, 0) is 0 Å². The summed E-state index contributed by atoms with van der Waals surface area (Å²) in [6.07, 6.45) is -1.14. The van der Waals surface area contributed by atoms with Gasteiger partial charge in [0.05, 0.1) is 0 Å². The predicted octanol–water partition coefficient (Wildman–Crippen LogP) is -0.852. The fourth-order valence-electron chi connectivity index (χ4n) is 1.13. The van der Waals surface area contributed by atoms with Crippen molar-refractivity contribution >= 4 is 18.0 Å². The Balaban J connectivity index is 2.36. The molecule has 0 aromatic rings. The molecule has 4 amide bonds. The first kappa shape index (κ1) is 10.3. The highest BCUT2D eigenvalue weighted by molar-refractivity contribution is 6.01. The van der Waals surface area contributed by atoms with Gasteiger partial charge in [-0.3, -0.25) is 9.69 Å². The normalized spacial score (nSPS) is 16.4. The Morgan fingerprint density at radius 3 is 2.64 bits per heavy atom. The molecule has 1 fully saturated rings. The van der Waals surface area contributed by atoms with E-state index in [1.54, 1.807) is 0 Å². The van der Waals surface area contributed by atoms with Crippen molar-refractivity contribution in [3.05, 3.63) is 0 Å². The molecule has 0 spiro atoms. The zero-order chi connectivity index (χ0) is 10.7. The van der Waals surface area contributed by atoms with Crippen molar-refractivity contribution in [1.29, 1.82) is 0 Å². The van der Waals surface area contributed by atoms with E-state index in [-0.39, 0.29) is 31.6 Å². The average Bonchev–Trinajstić information content (AvgIpc) is 2.33. The number of carbonyl (C=O) groups excluding carboxylic acids is 2. The first-order valence-corrected chi connectivity index (χ1v) is 4.04. The molecule has 0 aliphatic carbocycles. The van der Waals surface area contributed by atoms with Gasteiger partial charge in [0, 0.05) is 20.1 Å². The molecular formula is C7H11N3O4. The van der Waals surface area contributed by atoms with Gasteiger partial charge in [-0.1, -0.05) is 0 Å². The standard InChI is InChI=1S/C7H11N3O4/c1-9-5(11)4-10(7(9)14)3-2-8-6(12)13/h8H,2-4H2,1H3,(H,12,13). The van der Waals surface area contributed by atoms with Crippen LogP contribution in [0.15, 0.2) is 0 Å². The molecule has 1 aliphatic rings. The summed E-state index contributed by atoms with van der Waals surface area (Å²) in [7, 11) is 1.40. The average molecular weight is 201 g/mol. The van der Waals surface area contributed by atoms with E-state index in [1.165, 1.54) is 11.9 Å². The number of carbonyl (C=O) groups is 3. The van der Waals surface area contributed by atoms with Crippen LogP contribution in [0.2, 0.25) is 0 Å². The maximum absolute atomic E-state index is 11.2. The summed E-state index contributed by atoms with van der Waals surface area (Å²) in [5.74, 6) is -0.273. The van der Waals surface area contributed by atoms with Crippen LogP contribution < -0.4 is 5.32 Å². The van der Waals surface area contributed by atoms with Gasteiger partial charge in [-0.15, -0.1) is 0 Å². The lowest BCUT2D eigenvalue weighted by molar-refractivity contribution is -0.124. The number of urea groups is 1. The molecule has 0 bridgehead atoms. The van der Waals surface area contributed by atoms with Crippen molar-refractivity contribution in [2.24, 2.45) is 0 Å². The summed E-state index contributed by atoms with van der Waals surface area (Å²) in [6.45, 7) is 0.361. The minimum Gasteiger partial charge on any atom is -0.465 e. The van der Waals surface area contributed by atoms with Crippen LogP contribution in [0.3, 0.4) is 0 Å². The molecule has 1 heterocycles. The number of nitrogens with one attached hydrogen (secondary N) is 1. The third-order valence-corrected chi connectivity index (χ3v) is 1.92. The van der Waals surface area contributed by atoms with E-state index in [0.29, 0.717) is 0 Å². The molecule has 7 heteroatoms. The zero-order valence-corrected chi connectivity index (χ0v) is 7.69. The number of imide groups is 1. The first-order valence-electron chi connectivity index (χ1n) is 4.04. The van der Waals surface area contributed by atoms with Gasteiger partial charge in [-0.25, -0.2) is 9.59 Å². The van der Waals surface area contributed by atoms with E-state index < -0.39 is 6.09 Å². The summed E-state index contributed by atoms with van der Waals surface area (Å²) >= 11 is 0. The summed E-state index contributed by atoms with van der Waals surface area (Å²) in [5.41, 5.74) is 0. The highest BCUT2D eigenvalue weighted by Crippen LogP contribution is 2.05. The molecule has 14 heavy (non-hydrogen) atoms. The summed E-state index contributed by atoms with van der Waals surface area (Å²) in [4.78, 5) is 34.7. The fourth-order valence-corrected chi connectivity index (χ4v) is 1.13. The van der Waals surface area contributed by atoms with Gasteiger partial charge >= 0.3 is 12.1 Å². The third kappa shape index (κ3) is 2.12. The van der Waals surface area contributed by atoms with Crippen molar-refractivity contribution in [2.45, 2.75) is 0 Å². The van der Waals surface area contributed by atoms with Crippen LogP contribution in [-0.4, -0.2) is 59.6 Å². The molecule has 2 N–H and O–H groups in total. The van der Waals surface area contributed by atoms with E-state index in [1.807, 2.05) is 0 Å². The van der Waals surface area contributed by atoms with Crippen molar-refractivity contribution in [3.8, 4) is 0 Å². The molecule has 1 saturated heterocycles. The van der Waals surface area contributed by atoms with Gasteiger partial charge in [-0.2, -0.15) is 0 Å². The Morgan fingerprint density at radius 1 is 1.57 bits per heavy atom. The smallest absolute Gasteiger partial charge is 0.404 e. The summed E-state index contributed by atoms with van der Waals surface area (Å²) in [6, 6.07) is -0.387. The number of carboxylic acid groups (broad SMARTS) is 1. The Kier molecular flexibility index (Phi) is 2.90. The van der Waals surface area contributed by atoms with E-state index in [0.717, 1.165) is 4.90 Å². The van der Waals surface area contributed by atoms with E-state index in [9.17, 15) is 14.4 Å². The summed E-state index contributed by atoms with van der Waals surface area (Å²) < 4.78 is 0. The molecule has 1 aliphatic heterocycles. The molecule has 78 valence electrons. The van der Waals surface area contributed by atoms with Crippen molar-refractivity contribution in [2.75, 3.05) is 26.7 Å². The van der Waals surface area contributed by atoms with E-state index >= 15 is 0 Å². The van der Waals surface area contributed by atoms with Crippen molar-refractivity contribution < 1.29 is 19.5 Å². The van der Waals surface area contributed by atoms with Gasteiger partial charge in [0.2, 0.25) is 5.91 Å². The maximum Gasteiger partial charge on any atom is 0.404 e. The highest BCUT2D eigenvalue weighted by Gasteiger charge is 2.32. The second-order valence-electron chi connectivity index (χ2n) is 2.89. The molecule has 0 saturated carbocycles. The monoisotopic (exact) mass is 201 g/mol. The number of rotatable bonds is 3. The van der Waals surface area contributed by atoms with Crippen LogP contribution >= 0.6 is 0 Å². The quantitative estimate of drug-likeness (QED) is 0.582. The lowest BCUT2D eigenvalue weighted by atomic mass is 10.5. The van der Waals surface area contributed by atoms with Crippen LogP contribution in [0.4, 0.5) is 9.59 Å². The topological polar surface area (TPSA) is 90.0 Å². The molecular weight excluding hydrogens is 190 g/mol. The second-order valence-corrected chi connectivity index (χ2v) is 2.89. The van der Waals surface area contributed by atoms with Crippen LogP contribution in [0.5, 0.6) is 0 Å². The maximum atomic E-state index is 11.2. The highest BCUT2D eigenvalue weighted by atomic mass is 16.4. The van der Waals surface area contributed by atoms with Crippen molar-refractivity contribution in [1.82, 2.24) is 15.1 Å². The second kappa shape index (κ2) is 3.95. The fraction of sp³-hybridized carbons (Fsp3) is 0.571. The molecule has 0 radical (unpaired) electrons. The van der Waals surface area contributed by atoms with E-state index in [4.69, 9.17) is 5.11 Å². The molecule has 0 atom stereocenters. The van der Waals surface area contributed by atoms with E-state index in [2.05, 4.69) is 5.32 Å². The van der Waals surface area contributed by atoms with Gasteiger partial charge in [0.25, 0.3) is 0 Å². The third-order valence-electron chi connectivity index (χ3n) is 1.92. The predicted molar refractivity (Wildman–Crippen MR) is 45.8 cm³/mol. The first-order chi connectivity index (χ1) is 6.52. The van der Waals surface area contributed by atoms with Gasteiger partial charge in [0.1, 0.15) is 6.54 Å². The van der Waals surface area contributed by atoms with Crippen LogP contribution in [0.25, 0.3) is 0 Å². The largest absolute Gasteiger partial charge is 0.465 e. The lowest BCUT2D eigenvalue weighted by Crippen LogP contribution is -2.36. The number of nitrogens with zero attached hydrogens (tertiary/aromatic N) is 2. The van der Waals surface area contributed by atoms with Gasteiger partial charge in [0.15, 0.2) is 0 Å². The lowest BCUT2D eigenvalue weighted by Gasteiger charge is -2.13. The number of hydrogen-bond acceptors (Lipinski definition) is 3. The number of hydrogen-bond donors (Lipinski definition) is 2. The van der Waals surface area contributed by atoms with Crippen LogP contribution in [0, 0.1) is 0 Å². The molecule has 1 rings (SSSR count). The van der Waals surface area contributed by atoms with Crippen LogP contribution in [0.1, 0.15) is 0 Å². The Morgan fingerprint density at radius 2 is 2.21 bits per heavy atom. The zero-order valence-electron chi connectivity index (χ0n) is 7.69. The minimum absolute atomic E-state index is 0.0244. The molecule has 0 unspecified atom stereocenters. The van der Waals surface area contributed by atoms with Crippen LogP contribution in [-0.2, 0) is 4.79 Å². The summed E-state index contributed by atoms with van der Waals surface area (Å²) in [5, 5.41) is 10.4. The number of likely N-dealkylation sites (N-methyl/N-ethyl adjacent to an activating group) is 1. The van der Waals surface area contributed by atoms with Crippen molar-refractivity contribution in [3.63, 3.8) is 0 Å².